The van der Waals surface area contributed by atoms with Gasteiger partial charge in [-0.3, -0.25) is 4.79 Å². The van der Waals surface area contributed by atoms with Gasteiger partial charge in [-0.05, 0) is 50.2 Å². The van der Waals surface area contributed by atoms with Gasteiger partial charge in [0.1, 0.15) is 0 Å². The van der Waals surface area contributed by atoms with Crippen LogP contribution in [0.4, 0.5) is 0 Å². The van der Waals surface area contributed by atoms with E-state index in [9.17, 15) is 4.79 Å². The van der Waals surface area contributed by atoms with Crippen molar-refractivity contribution in [1.82, 2.24) is 0 Å². The minimum absolute atomic E-state index is 0.198. The van der Waals surface area contributed by atoms with Crippen molar-refractivity contribution in [1.29, 1.82) is 0 Å². The highest BCUT2D eigenvalue weighted by molar-refractivity contribution is 6.69. The van der Waals surface area contributed by atoms with Crippen molar-refractivity contribution in [3.63, 3.8) is 0 Å². The minimum atomic E-state index is -1.84. The molecule has 0 spiro atoms. The maximum Gasteiger partial charge on any atom is 0.308 e. The molecular weight excluding hydrogens is 363 g/mol. The van der Waals surface area contributed by atoms with E-state index in [0.29, 0.717) is 10.0 Å². The normalized spacial score (nSPS) is 18.4. The van der Waals surface area contributed by atoms with E-state index in [2.05, 4.69) is 19.6 Å². The van der Waals surface area contributed by atoms with E-state index in [0.717, 1.165) is 31.2 Å². The molecule has 1 aliphatic rings. The van der Waals surface area contributed by atoms with Crippen molar-refractivity contribution in [2.45, 2.75) is 63.3 Å². The Hall–Kier alpha value is -0.553. The number of hydrogen-bond acceptors (Lipinski definition) is 3. The molecule has 3 nitrogen and oxygen atoms in total. The lowest BCUT2D eigenvalue weighted by molar-refractivity contribution is -0.143. The summed E-state index contributed by atoms with van der Waals surface area (Å²) >= 11 is 12.4. The molecule has 0 radical (unpaired) electrons. The molecule has 0 saturated heterocycles. The molecule has 0 amide bonds. The zero-order chi connectivity index (χ0) is 18.0. The highest BCUT2D eigenvalue weighted by Gasteiger charge is 2.46. The largest absolute Gasteiger partial charge is 0.469 e. The van der Waals surface area contributed by atoms with Gasteiger partial charge in [0.15, 0.2) is 8.32 Å². The summed E-state index contributed by atoms with van der Waals surface area (Å²) in [5, 5.41) is 1.09. The van der Waals surface area contributed by atoms with Crippen LogP contribution in [0.25, 0.3) is 0 Å². The number of carbonyl (C=O) groups is 1. The number of rotatable bonds is 6. The van der Waals surface area contributed by atoms with Gasteiger partial charge in [-0.2, -0.15) is 0 Å². The Morgan fingerprint density at radius 2 is 1.83 bits per heavy atom. The van der Waals surface area contributed by atoms with Gasteiger partial charge in [0, 0.05) is 5.41 Å². The highest BCUT2D eigenvalue weighted by atomic mass is 35.5. The topological polar surface area (TPSA) is 35.5 Å². The molecule has 0 N–H and O–H groups in total. The van der Waals surface area contributed by atoms with Crippen molar-refractivity contribution in [2.75, 3.05) is 7.11 Å². The average Bonchev–Trinajstić information content (AvgIpc) is 2.98. The summed E-state index contributed by atoms with van der Waals surface area (Å²) in [5.74, 6) is -0.232. The van der Waals surface area contributed by atoms with Crippen LogP contribution in [0.2, 0.25) is 29.7 Å². The fourth-order valence-electron chi connectivity index (χ4n) is 3.62. The van der Waals surface area contributed by atoms with Crippen LogP contribution in [0.1, 0.15) is 37.7 Å². The van der Waals surface area contributed by atoms with Crippen LogP contribution in [0, 0.1) is 0 Å². The fraction of sp³-hybridized carbons (Fsp3) is 0.611. The van der Waals surface area contributed by atoms with Gasteiger partial charge in [-0.1, -0.05) is 42.1 Å². The van der Waals surface area contributed by atoms with E-state index in [1.54, 1.807) is 0 Å². The van der Waals surface area contributed by atoms with Crippen molar-refractivity contribution in [3.05, 3.63) is 33.8 Å². The first-order chi connectivity index (χ1) is 11.2. The lowest BCUT2D eigenvalue weighted by Crippen LogP contribution is -2.46. The Kier molecular flexibility index (Phi) is 6.40. The summed E-state index contributed by atoms with van der Waals surface area (Å²) in [6.07, 6.45) is 4.27. The van der Waals surface area contributed by atoms with Crippen LogP contribution in [-0.2, 0) is 19.4 Å². The Morgan fingerprint density at radius 1 is 1.21 bits per heavy atom. The van der Waals surface area contributed by atoms with Crippen LogP contribution in [-0.4, -0.2) is 27.5 Å². The molecule has 1 saturated carbocycles. The summed E-state index contributed by atoms with van der Waals surface area (Å²) < 4.78 is 11.4. The predicted octanol–water partition coefficient (Wildman–Crippen LogP) is 5.59. The zero-order valence-electron chi connectivity index (χ0n) is 14.8. The number of carbonyl (C=O) groups excluding carboxylic acids is 1. The third-order valence-corrected chi connectivity index (χ3v) is 6.41. The fourth-order valence-corrected chi connectivity index (χ4v) is 5.08. The maximum absolute atomic E-state index is 12.0. The molecule has 1 atom stereocenters. The van der Waals surface area contributed by atoms with Gasteiger partial charge in [0.25, 0.3) is 0 Å². The number of esters is 1. The summed E-state index contributed by atoms with van der Waals surface area (Å²) in [6.45, 7) is 6.44. The lowest BCUT2D eigenvalue weighted by atomic mass is 9.73. The van der Waals surface area contributed by atoms with Gasteiger partial charge in [-0.25, -0.2) is 0 Å². The average molecular weight is 389 g/mol. The van der Waals surface area contributed by atoms with E-state index in [1.165, 1.54) is 7.11 Å². The molecule has 0 aliphatic heterocycles. The molecule has 1 aliphatic carbocycles. The Balaban J connectivity index is 2.46. The minimum Gasteiger partial charge on any atom is -0.469 e. The van der Waals surface area contributed by atoms with Crippen molar-refractivity contribution < 1.29 is 14.0 Å². The number of benzene rings is 1. The molecule has 1 fully saturated rings. The van der Waals surface area contributed by atoms with Crippen LogP contribution < -0.4 is 0 Å². The second-order valence-electron chi connectivity index (χ2n) is 7.49. The molecule has 0 unspecified atom stereocenters. The summed E-state index contributed by atoms with van der Waals surface area (Å²) in [6, 6.07) is 5.80. The Morgan fingerprint density at radius 3 is 2.33 bits per heavy atom. The van der Waals surface area contributed by atoms with Crippen molar-refractivity contribution in [3.8, 4) is 0 Å². The highest BCUT2D eigenvalue weighted by Crippen LogP contribution is 2.47. The monoisotopic (exact) mass is 388 g/mol. The summed E-state index contributed by atoms with van der Waals surface area (Å²) in [7, 11) is -0.414. The first kappa shape index (κ1) is 19.8. The van der Waals surface area contributed by atoms with E-state index in [1.807, 2.05) is 18.2 Å². The smallest absolute Gasteiger partial charge is 0.308 e. The molecule has 24 heavy (non-hydrogen) atoms. The van der Waals surface area contributed by atoms with Gasteiger partial charge in [0.05, 0.1) is 29.7 Å². The molecule has 134 valence electrons. The number of hydrogen-bond donors (Lipinski definition) is 0. The predicted molar refractivity (Wildman–Crippen MR) is 101 cm³/mol. The second kappa shape index (κ2) is 7.77. The first-order valence-corrected chi connectivity index (χ1v) is 12.5. The lowest BCUT2D eigenvalue weighted by Gasteiger charge is -2.41. The van der Waals surface area contributed by atoms with Crippen molar-refractivity contribution in [2.24, 2.45) is 0 Å². The summed E-state index contributed by atoms with van der Waals surface area (Å²) in [5.41, 5.74) is 0.907. The number of methoxy groups -OCH3 is 1. The van der Waals surface area contributed by atoms with Gasteiger partial charge in [-0.15, -0.1) is 0 Å². The third kappa shape index (κ3) is 4.54. The van der Waals surface area contributed by atoms with Crippen LogP contribution in [0.5, 0.6) is 0 Å². The maximum atomic E-state index is 12.0. The molecule has 2 rings (SSSR count). The molecule has 0 heterocycles. The van der Waals surface area contributed by atoms with Gasteiger partial charge in [0.2, 0.25) is 0 Å². The first-order valence-electron chi connectivity index (χ1n) is 8.38. The standard InChI is InChI=1S/C18H26Cl2O3Si/c1-22-17(21)12-16(23-24(2,3)4)18(9-5-6-10-18)13-7-8-14(19)15(20)11-13/h7-8,11,16H,5-6,9-10,12H2,1-4H3/t16-/m0/s1. The molecule has 0 bridgehead atoms. The molecule has 1 aromatic rings. The number of ether oxygens (including phenoxy) is 1. The van der Waals surface area contributed by atoms with E-state index in [4.69, 9.17) is 32.4 Å². The third-order valence-electron chi connectivity index (χ3n) is 4.68. The van der Waals surface area contributed by atoms with Crippen LogP contribution >= 0.6 is 23.2 Å². The Labute approximate surface area is 155 Å². The molecule has 1 aromatic carbocycles. The van der Waals surface area contributed by atoms with E-state index >= 15 is 0 Å². The quantitative estimate of drug-likeness (QED) is 0.470. The zero-order valence-corrected chi connectivity index (χ0v) is 17.3. The Bertz CT molecular complexity index is 592. The van der Waals surface area contributed by atoms with Gasteiger partial charge < -0.3 is 9.16 Å². The SMILES string of the molecule is COC(=O)C[C@H](O[Si](C)(C)C)C1(c2ccc(Cl)c(Cl)c2)CCCC1. The van der Waals surface area contributed by atoms with E-state index < -0.39 is 8.32 Å². The molecule has 0 aromatic heterocycles. The molecular formula is C18H26Cl2O3Si. The van der Waals surface area contributed by atoms with Crippen LogP contribution in [0.15, 0.2) is 18.2 Å². The molecule has 6 heteroatoms. The summed E-state index contributed by atoms with van der Waals surface area (Å²) in [4.78, 5) is 12.0. The second-order valence-corrected chi connectivity index (χ2v) is 12.8. The van der Waals surface area contributed by atoms with Crippen LogP contribution in [0.3, 0.4) is 0 Å². The van der Waals surface area contributed by atoms with E-state index in [-0.39, 0.29) is 23.9 Å². The van der Waals surface area contributed by atoms with Crippen molar-refractivity contribution >= 4 is 37.5 Å². The van der Waals surface area contributed by atoms with Gasteiger partial charge >= 0.3 is 5.97 Å². The number of halogens is 2.